The van der Waals surface area contributed by atoms with Gasteiger partial charge < -0.3 is 10.5 Å². The minimum absolute atomic E-state index is 0.310. The fourth-order valence-electron chi connectivity index (χ4n) is 1.60. The zero-order valence-electron chi connectivity index (χ0n) is 12.3. The minimum atomic E-state index is -1.49. The molecule has 0 fully saturated rings. The number of carbonyl (C=O) groups is 1. The zero-order chi connectivity index (χ0) is 15.3. The highest BCUT2D eigenvalue weighted by molar-refractivity contribution is 14.1. The van der Waals surface area contributed by atoms with Gasteiger partial charge in [0.25, 0.3) is 0 Å². The van der Waals surface area contributed by atoms with Gasteiger partial charge in [-0.05, 0) is 24.6 Å². The molecule has 0 unspecified atom stereocenters. The second-order valence-electron chi connectivity index (χ2n) is 5.41. The van der Waals surface area contributed by atoms with Crippen molar-refractivity contribution < 1.29 is 9.53 Å². The first-order valence-corrected chi connectivity index (χ1v) is 11.5. The largest absolute Gasteiger partial charge is 0.462 e. The maximum atomic E-state index is 12.0. The van der Waals surface area contributed by atoms with E-state index in [1.807, 2.05) is 0 Å². The Balaban J connectivity index is 3.39. The summed E-state index contributed by atoms with van der Waals surface area (Å²) in [6.45, 7) is 8.68. The SMILES string of the molecule is CCOC(=O)c1ccc(N)c(C#C[Si](C)(C)C)c1CI. The van der Waals surface area contributed by atoms with Crippen LogP contribution in [-0.4, -0.2) is 20.7 Å². The molecule has 3 nitrogen and oxygen atoms in total. The van der Waals surface area contributed by atoms with E-state index >= 15 is 0 Å². The number of nitrogen functional groups attached to an aromatic ring is 1. The molecule has 0 saturated heterocycles. The maximum Gasteiger partial charge on any atom is 0.338 e. The van der Waals surface area contributed by atoms with Gasteiger partial charge in [0.2, 0.25) is 0 Å². The zero-order valence-corrected chi connectivity index (χ0v) is 15.5. The molecule has 1 rings (SSSR count). The summed E-state index contributed by atoms with van der Waals surface area (Å²) in [6, 6.07) is 3.46. The molecule has 0 amide bonds. The Kier molecular flexibility index (Phi) is 6.08. The lowest BCUT2D eigenvalue weighted by molar-refractivity contribution is 0.0525. The number of esters is 1. The van der Waals surface area contributed by atoms with Crippen LogP contribution in [0.15, 0.2) is 12.1 Å². The first-order chi connectivity index (χ1) is 9.30. The number of benzene rings is 1. The molecular formula is C15H20INO2Si. The van der Waals surface area contributed by atoms with Gasteiger partial charge in [-0.2, -0.15) is 0 Å². The Bertz CT molecular complexity index is 568. The van der Waals surface area contributed by atoms with Gasteiger partial charge in [-0.1, -0.05) is 48.2 Å². The van der Waals surface area contributed by atoms with E-state index in [9.17, 15) is 4.79 Å². The number of carbonyl (C=O) groups excluding carboxylic acids is 1. The van der Waals surface area contributed by atoms with Crippen LogP contribution in [0.1, 0.15) is 28.4 Å². The van der Waals surface area contributed by atoms with E-state index in [0.717, 1.165) is 11.1 Å². The Morgan fingerprint density at radius 2 is 2.05 bits per heavy atom. The minimum Gasteiger partial charge on any atom is -0.462 e. The van der Waals surface area contributed by atoms with Crippen molar-refractivity contribution in [2.75, 3.05) is 12.3 Å². The molecule has 0 aromatic heterocycles. The summed E-state index contributed by atoms with van der Waals surface area (Å²) in [4.78, 5) is 12.0. The van der Waals surface area contributed by atoms with Crippen molar-refractivity contribution >= 4 is 42.3 Å². The molecule has 2 N–H and O–H groups in total. The van der Waals surface area contributed by atoms with Crippen LogP contribution in [0.3, 0.4) is 0 Å². The first-order valence-electron chi connectivity index (χ1n) is 6.47. The number of anilines is 1. The Labute approximate surface area is 135 Å². The van der Waals surface area contributed by atoms with Crippen molar-refractivity contribution in [2.45, 2.75) is 31.0 Å². The average Bonchev–Trinajstić information content (AvgIpc) is 2.35. The molecule has 1 aromatic rings. The molecule has 0 bridgehead atoms. The van der Waals surface area contributed by atoms with E-state index in [0.29, 0.717) is 22.3 Å². The summed E-state index contributed by atoms with van der Waals surface area (Å²) in [5.74, 6) is 2.87. The van der Waals surface area contributed by atoms with E-state index in [2.05, 4.69) is 53.7 Å². The fraction of sp³-hybridized carbons (Fsp3) is 0.400. The van der Waals surface area contributed by atoms with Crippen LogP contribution in [0.2, 0.25) is 19.6 Å². The lowest BCUT2D eigenvalue weighted by Gasteiger charge is -2.12. The molecule has 0 spiro atoms. The second-order valence-corrected chi connectivity index (χ2v) is 10.9. The van der Waals surface area contributed by atoms with Crippen LogP contribution < -0.4 is 5.73 Å². The highest BCUT2D eigenvalue weighted by Gasteiger charge is 2.17. The fourth-order valence-corrected chi connectivity index (χ4v) is 2.89. The van der Waals surface area contributed by atoms with Gasteiger partial charge >= 0.3 is 5.97 Å². The van der Waals surface area contributed by atoms with Crippen molar-refractivity contribution in [3.63, 3.8) is 0 Å². The van der Waals surface area contributed by atoms with Crippen LogP contribution in [0.5, 0.6) is 0 Å². The third kappa shape index (κ3) is 4.53. The molecule has 0 aliphatic rings. The first kappa shape index (κ1) is 17.0. The third-order valence-electron chi connectivity index (χ3n) is 2.54. The van der Waals surface area contributed by atoms with Crippen LogP contribution in [0.4, 0.5) is 5.69 Å². The molecule has 0 saturated carbocycles. The number of rotatable bonds is 3. The summed E-state index contributed by atoms with van der Waals surface area (Å²) in [7, 11) is -1.49. The van der Waals surface area contributed by atoms with Crippen molar-refractivity contribution in [3.05, 3.63) is 28.8 Å². The van der Waals surface area contributed by atoms with E-state index in [1.54, 1.807) is 19.1 Å². The van der Waals surface area contributed by atoms with Gasteiger partial charge in [0.1, 0.15) is 8.07 Å². The molecule has 0 aliphatic carbocycles. The topological polar surface area (TPSA) is 52.3 Å². The third-order valence-corrected chi connectivity index (χ3v) is 4.17. The van der Waals surface area contributed by atoms with Crippen molar-refractivity contribution in [1.29, 1.82) is 0 Å². The Morgan fingerprint density at radius 3 is 2.55 bits per heavy atom. The van der Waals surface area contributed by atoms with Crippen molar-refractivity contribution in [1.82, 2.24) is 0 Å². The quantitative estimate of drug-likeness (QED) is 0.210. The molecule has 108 valence electrons. The summed E-state index contributed by atoms with van der Waals surface area (Å²) in [5, 5.41) is 0. The lowest BCUT2D eigenvalue weighted by atomic mass is 10.0. The molecule has 5 heteroatoms. The van der Waals surface area contributed by atoms with Gasteiger partial charge in [-0.25, -0.2) is 4.79 Å². The monoisotopic (exact) mass is 401 g/mol. The molecule has 1 aromatic carbocycles. The highest BCUT2D eigenvalue weighted by Crippen LogP contribution is 2.24. The van der Waals surface area contributed by atoms with Crippen molar-refractivity contribution in [3.8, 4) is 11.5 Å². The predicted molar refractivity (Wildman–Crippen MR) is 94.8 cm³/mol. The van der Waals surface area contributed by atoms with Crippen LogP contribution in [0.25, 0.3) is 0 Å². The summed E-state index contributed by atoms with van der Waals surface area (Å²) >= 11 is 2.22. The normalized spacial score (nSPS) is 10.7. The summed E-state index contributed by atoms with van der Waals surface area (Å²) in [6.07, 6.45) is 0. The number of hydrogen-bond acceptors (Lipinski definition) is 3. The number of alkyl halides is 1. The number of ether oxygens (including phenoxy) is 1. The van der Waals surface area contributed by atoms with E-state index in [1.165, 1.54) is 0 Å². The van der Waals surface area contributed by atoms with Crippen LogP contribution in [0, 0.1) is 11.5 Å². The highest BCUT2D eigenvalue weighted by atomic mass is 127. The molecule has 0 aliphatic heterocycles. The number of hydrogen-bond donors (Lipinski definition) is 1. The summed E-state index contributed by atoms with van der Waals surface area (Å²) < 4.78 is 5.76. The van der Waals surface area contributed by atoms with E-state index in [-0.39, 0.29) is 5.97 Å². The molecular weight excluding hydrogens is 381 g/mol. The standard InChI is InChI=1S/C15H20INO2Si/c1-5-19-15(18)12-6-7-14(17)11(13(12)10-16)8-9-20(2,3)4/h6-7H,5,10,17H2,1-4H3. The molecule has 0 atom stereocenters. The second kappa shape index (κ2) is 7.13. The molecule has 0 heterocycles. The Morgan fingerprint density at radius 1 is 1.40 bits per heavy atom. The lowest BCUT2D eigenvalue weighted by Crippen LogP contribution is -2.17. The smallest absolute Gasteiger partial charge is 0.338 e. The van der Waals surface area contributed by atoms with Crippen LogP contribution >= 0.6 is 22.6 Å². The van der Waals surface area contributed by atoms with Gasteiger partial charge in [0.15, 0.2) is 0 Å². The number of halogens is 1. The van der Waals surface area contributed by atoms with E-state index < -0.39 is 8.07 Å². The van der Waals surface area contributed by atoms with E-state index in [4.69, 9.17) is 10.5 Å². The van der Waals surface area contributed by atoms with Crippen LogP contribution in [-0.2, 0) is 9.16 Å². The number of nitrogens with two attached hydrogens (primary N) is 1. The van der Waals surface area contributed by atoms with Gasteiger partial charge in [-0.3, -0.25) is 0 Å². The van der Waals surface area contributed by atoms with Gasteiger partial charge in [-0.15, -0.1) is 5.54 Å². The molecule has 20 heavy (non-hydrogen) atoms. The predicted octanol–water partition coefficient (Wildman–Crippen LogP) is 3.61. The van der Waals surface area contributed by atoms with Gasteiger partial charge in [0, 0.05) is 10.1 Å². The van der Waals surface area contributed by atoms with Crippen molar-refractivity contribution in [2.24, 2.45) is 0 Å². The average molecular weight is 401 g/mol. The maximum absolute atomic E-state index is 12.0. The van der Waals surface area contributed by atoms with Gasteiger partial charge in [0.05, 0.1) is 17.7 Å². The Hall–Kier alpha value is -1.00. The summed E-state index contributed by atoms with van der Waals surface area (Å²) in [5.41, 5.74) is 12.2. The molecule has 0 radical (unpaired) electrons.